The van der Waals surface area contributed by atoms with E-state index in [9.17, 15) is 0 Å². The van der Waals surface area contributed by atoms with Gasteiger partial charge in [-0.3, -0.25) is 0 Å². The predicted octanol–water partition coefficient (Wildman–Crippen LogP) is 9.42. The molecule has 5 rings (SSSR count). The number of rotatable bonds is 3. The van der Waals surface area contributed by atoms with Gasteiger partial charge in [0, 0.05) is 28.6 Å². The van der Waals surface area contributed by atoms with Gasteiger partial charge in [-0.15, -0.1) is 0 Å². The zero-order valence-corrected chi connectivity index (χ0v) is 21.6. The molecule has 5 aromatic rings. The highest BCUT2D eigenvalue weighted by Gasteiger charge is 2.33. The van der Waals surface area contributed by atoms with Crippen molar-refractivity contribution < 1.29 is 4.42 Å². The van der Waals surface area contributed by atoms with Gasteiger partial charge in [0.2, 0.25) is 0 Å². The highest BCUT2D eigenvalue weighted by molar-refractivity contribution is 6.09. The van der Waals surface area contributed by atoms with Gasteiger partial charge in [-0.2, -0.15) is 0 Å². The van der Waals surface area contributed by atoms with Crippen molar-refractivity contribution in [2.75, 3.05) is 0 Å². The second-order valence-electron chi connectivity index (χ2n) is 11.4. The van der Waals surface area contributed by atoms with Crippen LogP contribution in [0.25, 0.3) is 39.6 Å². The van der Waals surface area contributed by atoms with Gasteiger partial charge < -0.3 is 4.57 Å². The number of para-hydroxylation sites is 2. The molecule has 0 aliphatic carbocycles. The molecule has 0 spiro atoms. The van der Waals surface area contributed by atoms with Crippen LogP contribution in [0.4, 0.5) is 0 Å². The lowest BCUT2D eigenvalue weighted by Gasteiger charge is -2.14. The van der Waals surface area contributed by atoms with E-state index in [1.165, 1.54) is 33.1 Å². The molecule has 0 N–H and O–H groups in total. The van der Waals surface area contributed by atoms with Crippen molar-refractivity contribution in [1.29, 1.82) is 0 Å². The van der Waals surface area contributed by atoms with E-state index >= 15 is 0 Å². The Morgan fingerprint density at radius 2 is 1.14 bits per heavy atom. The summed E-state index contributed by atoms with van der Waals surface area (Å²) in [5.41, 5.74) is 5.87. The first-order chi connectivity index (χ1) is 16.6. The Morgan fingerprint density at radius 1 is 0.571 bits per heavy atom. The number of hydrogen-bond acceptors (Lipinski definition) is 0. The molecule has 0 saturated carbocycles. The number of fused-ring (bicyclic) bond motifs is 3. The summed E-state index contributed by atoms with van der Waals surface area (Å²) in [5, 5.41) is 2.53. The van der Waals surface area contributed by atoms with Gasteiger partial charge in [0.1, 0.15) is 0 Å². The molecule has 2 heterocycles. The highest BCUT2D eigenvalue weighted by atomic mass is 16.3. The van der Waals surface area contributed by atoms with E-state index < -0.39 is 0 Å². The topological polar surface area (TPSA) is 16.2 Å². The van der Waals surface area contributed by atoms with Crippen molar-refractivity contribution in [1.82, 2.24) is 4.57 Å². The van der Waals surface area contributed by atoms with Gasteiger partial charge in [-0.25, -0.2) is 4.42 Å². The maximum Gasteiger partial charge on any atom is 0.335 e. The lowest BCUT2D eigenvalue weighted by Crippen LogP contribution is -2.16. The van der Waals surface area contributed by atoms with Crippen LogP contribution in [0, 0.1) is 0 Å². The molecule has 0 bridgehead atoms. The fourth-order valence-electron chi connectivity index (χ4n) is 4.50. The molecular formula is C33H34NO+. The van der Waals surface area contributed by atoms with E-state index in [1.54, 1.807) is 0 Å². The Balaban J connectivity index is 1.61. The molecule has 0 saturated heterocycles. The van der Waals surface area contributed by atoms with E-state index in [1.807, 2.05) is 0 Å². The molecule has 176 valence electrons. The Morgan fingerprint density at radius 3 is 1.80 bits per heavy atom. The molecule has 0 aliphatic heterocycles. The molecule has 2 aromatic heterocycles. The normalized spacial score (nSPS) is 12.7. The third-order valence-electron chi connectivity index (χ3n) is 6.47. The summed E-state index contributed by atoms with van der Waals surface area (Å²) >= 11 is 0. The van der Waals surface area contributed by atoms with Gasteiger partial charge in [0.15, 0.2) is 0 Å². The van der Waals surface area contributed by atoms with Crippen LogP contribution in [-0.4, -0.2) is 4.57 Å². The Kier molecular flexibility index (Phi) is 5.63. The maximum absolute atomic E-state index is 6.31. The minimum Gasteiger partial charge on any atom is -0.309 e. The van der Waals surface area contributed by atoms with Crippen molar-refractivity contribution >= 4 is 34.0 Å². The number of benzene rings is 3. The molecule has 35 heavy (non-hydrogen) atoms. The van der Waals surface area contributed by atoms with E-state index in [-0.39, 0.29) is 10.8 Å². The van der Waals surface area contributed by atoms with Crippen LogP contribution in [0.3, 0.4) is 0 Å². The van der Waals surface area contributed by atoms with Crippen molar-refractivity contribution in [2.24, 2.45) is 0 Å². The van der Waals surface area contributed by atoms with E-state index in [0.29, 0.717) is 0 Å². The summed E-state index contributed by atoms with van der Waals surface area (Å²) in [7, 11) is 0. The van der Waals surface area contributed by atoms with E-state index in [0.717, 1.165) is 17.1 Å². The zero-order chi connectivity index (χ0) is 24.8. The van der Waals surface area contributed by atoms with Crippen LogP contribution in [0.15, 0.2) is 89.3 Å². The minimum absolute atomic E-state index is 0.0535. The quantitative estimate of drug-likeness (QED) is 0.245. The fourth-order valence-corrected chi connectivity index (χ4v) is 4.50. The summed E-state index contributed by atoms with van der Waals surface area (Å²) in [4.78, 5) is 0. The number of aromatic nitrogens is 1. The summed E-state index contributed by atoms with van der Waals surface area (Å²) in [6, 6.07) is 30.3. The highest BCUT2D eigenvalue weighted by Crippen LogP contribution is 2.34. The van der Waals surface area contributed by atoms with Gasteiger partial charge in [-0.05, 0) is 83.0 Å². The monoisotopic (exact) mass is 460 g/mol. The van der Waals surface area contributed by atoms with Crippen LogP contribution in [0.1, 0.15) is 64.2 Å². The molecule has 0 unspecified atom stereocenters. The first kappa shape index (κ1) is 23.1. The Hall–Kier alpha value is -3.65. The smallest absolute Gasteiger partial charge is 0.309 e. The van der Waals surface area contributed by atoms with Crippen LogP contribution < -0.4 is 0 Å². The molecule has 0 fully saturated rings. The van der Waals surface area contributed by atoms with Crippen LogP contribution in [0.5, 0.6) is 0 Å². The van der Waals surface area contributed by atoms with Crippen molar-refractivity contribution in [3.8, 4) is 5.69 Å². The summed E-state index contributed by atoms with van der Waals surface area (Å²) < 4.78 is 8.66. The van der Waals surface area contributed by atoms with E-state index in [4.69, 9.17) is 4.42 Å². The number of nitrogens with zero attached hydrogens (tertiary/aromatic N) is 1. The number of hydrogen-bond donors (Lipinski definition) is 0. The predicted molar refractivity (Wildman–Crippen MR) is 150 cm³/mol. The molecule has 2 heteroatoms. The minimum atomic E-state index is -0.0535. The average Bonchev–Trinajstić information content (AvgIpc) is 3.16. The molecule has 2 nitrogen and oxygen atoms in total. The molecule has 3 aromatic carbocycles. The molecular weight excluding hydrogens is 426 g/mol. The summed E-state index contributed by atoms with van der Waals surface area (Å²) in [6.07, 6.45) is 4.42. The lowest BCUT2D eigenvalue weighted by molar-refractivity contribution is 0.328. The van der Waals surface area contributed by atoms with E-state index in [2.05, 4.69) is 143 Å². The molecule has 0 amide bonds. The van der Waals surface area contributed by atoms with Crippen LogP contribution in [0.2, 0.25) is 0 Å². The Labute approximate surface area is 208 Å². The van der Waals surface area contributed by atoms with Gasteiger partial charge >= 0.3 is 11.5 Å². The van der Waals surface area contributed by atoms with Crippen LogP contribution >= 0.6 is 0 Å². The first-order valence-electron chi connectivity index (χ1n) is 12.4. The molecule has 0 radical (unpaired) electrons. The zero-order valence-electron chi connectivity index (χ0n) is 21.6. The third-order valence-corrected chi connectivity index (χ3v) is 6.47. The summed E-state index contributed by atoms with van der Waals surface area (Å²) in [6.45, 7) is 13.2. The lowest BCUT2D eigenvalue weighted by atomic mass is 9.88. The second kappa shape index (κ2) is 8.53. The largest absolute Gasteiger partial charge is 0.335 e. The van der Waals surface area contributed by atoms with Gasteiger partial charge in [0.05, 0.1) is 21.9 Å². The van der Waals surface area contributed by atoms with Crippen molar-refractivity contribution in [3.63, 3.8) is 0 Å². The molecule has 0 aliphatic rings. The van der Waals surface area contributed by atoms with Gasteiger partial charge in [-0.1, -0.05) is 54.6 Å². The standard InChI is InChI=1S/C33H34NO/c1-32(2,3)30-21-24(22-31(35-30)33(4,5)6)17-16-23-18-19-29-27(20-23)26-14-10-11-15-28(26)34(29)25-12-8-7-9-13-25/h7-22H,1-6H3/q+1/b17-16+. The van der Waals surface area contributed by atoms with Gasteiger partial charge in [0.25, 0.3) is 0 Å². The summed E-state index contributed by atoms with van der Waals surface area (Å²) in [5.74, 6) is 2.01. The second-order valence-corrected chi connectivity index (χ2v) is 11.4. The average molecular weight is 461 g/mol. The van der Waals surface area contributed by atoms with Crippen LogP contribution in [-0.2, 0) is 10.8 Å². The SMILES string of the molecule is CC(C)(C)c1cc(/C=C/c2ccc3c(c2)c2ccccc2n3-c2ccccc2)cc(C(C)(C)C)[o+]1. The Bertz CT molecular complexity index is 1510. The maximum atomic E-state index is 6.31. The molecule has 0 atom stereocenters. The van der Waals surface area contributed by atoms with Crippen molar-refractivity contribution in [3.05, 3.63) is 108 Å². The fraction of sp³-hybridized carbons (Fsp3) is 0.242. The van der Waals surface area contributed by atoms with Crippen molar-refractivity contribution in [2.45, 2.75) is 52.4 Å². The first-order valence-corrected chi connectivity index (χ1v) is 12.4. The third kappa shape index (κ3) is 4.53.